The fourth-order valence-electron chi connectivity index (χ4n) is 7.35. The Morgan fingerprint density at radius 2 is 0.414 bits per heavy atom. The van der Waals surface area contributed by atoms with Crippen LogP contribution in [0.15, 0.2) is 237 Å². The minimum Gasteiger partial charge on any atom is -0.736 e. The zero-order chi connectivity index (χ0) is 60.4. The number of rotatable bonds is 21. The summed E-state index contributed by atoms with van der Waals surface area (Å²) < 4.78 is 65.1. The van der Waals surface area contributed by atoms with Gasteiger partial charge < -0.3 is 57.1 Å². The number of para-hydroxylation sites is 3. The number of carboxylic acid groups (broad SMARTS) is 3. The molecule has 9 rings (SSSR count). The first-order valence-corrected chi connectivity index (χ1v) is 28.6. The molecule has 0 fully saturated rings. The number of carbonyl (C=O) groups is 6. The standard InChI is InChI=1S/3C20H15O7P.3Na/c3*21-19(17-8-4-5-9-18(17)20(22)23)14-10-12-16(13-11-14)27-28(24,25)26-15-6-2-1-3-7-15;;;/h3*1-13H,(H,22,23)(H,24,25);;;/q;;;3*+1/p-3. The van der Waals surface area contributed by atoms with Gasteiger partial charge in [-0.2, -0.15) is 0 Å². The summed E-state index contributed by atoms with van der Waals surface area (Å²) in [5.74, 6) is -4.96. The van der Waals surface area contributed by atoms with Crippen molar-refractivity contribution in [1.82, 2.24) is 0 Å². The van der Waals surface area contributed by atoms with E-state index < -0.39 is 58.7 Å². The van der Waals surface area contributed by atoms with Gasteiger partial charge in [0.25, 0.3) is 0 Å². The minimum atomic E-state index is -4.67. The quantitative estimate of drug-likeness (QED) is 0.0523. The molecular formula is C60H42Na3O21P3. The molecule has 27 heteroatoms. The van der Waals surface area contributed by atoms with Gasteiger partial charge in [0.05, 0.1) is 16.7 Å². The maximum Gasteiger partial charge on any atom is 1.00 e. The third-order valence-corrected chi connectivity index (χ3v) is 13.7. The summed E-state index contributed by atoms with van der Waals surface area (Å²) in [6, 6.07) is 56.9. The summed E-state index contributed by atoms with van der Waals surface area (Å²) in [6.45, 7) is 0. The molecule has 0 aliphatic carbocycles. The van der Waals surface area contributed by atoms with Crippen molar-refractivity contribution >= 4 is 58.7 Å². The number of benzene rings is 9. The summed E-state index contributed by atoms with van der Waals surface area (Å²) in [5.41, 5.74) is 0.304. The van der Waals surface area contributed by atoms with Crippen molar-refractivity contribution in [1.29, 1.82) is 0 Å². The Morgan fingerprint density at radius 1 is 0.253 bits per heavy atom. The van der Waals surface area contributed by atoms with Gasteiger partial charge in [-0.15, -0.1) is 0 Å². The predicted molar refractivity (Wildman–Crippen MR) is 296 cm³/mol. The van der Waals surface area contributed by atoms with Crippen LogP contribution in [-0.4, -0.2) is 50.6 Å². The molecule has 0 aliphatic rings. The topological polar surface area (TPSA) is 339 Å². The van der Waals surface area contributed by atoms with Gasteiger partial charge in [0.1, 0.15) is 34.5 Å². The van der Waals surface area contributed by atoms with Crippen LogP contribution in [0.5, 0.6) is 34.5 Å². The third-order valence-electron chi connectivity index (χ3n) is 11.1. The first kappa shape index (κ1) is 72.2. The number of ketones is 3. The first-order chi connectivity index (χ1) is 40.1. The average Bonchev–Trinajstić information content (AvgIpc) is 3.49. The predicted octanol–water partition coefficient (Wildman–Crippen LogP) is 1.64. The molecule has 0 spiro atoms. The van der Waals surface area contributed by atoms with E-state index in [0.717, 1.165) is 0 Å². The average molecular weight is 1260 g/mol. The zero-order valence-corrected chi connectivity index (χ0v) is 54.7. The van der Waals surface area contributed by atoms with Crippen molar-refractivity contribution in [2.75, 3.05) is 0 Å². The number of carbonyl (C=O) groups excluding carboxylic acids is 3. The first-order valence-electron chi connectivity index (χ1n) is 24.2. The van der Waals surface area contributed by atoms with Crippen molar-refractivity contribution < 1.29 is 188 Å². The zero-order valence-electron chi connectivity index (χ0n) is 46.0. The van der Waals surface area contributed by atoms with Crippen LogP contribution < -0.4 is 130 Å². The number of phosphoric acid groups is 3. The molecule has 0 aromatic heterocycles. The van der Waals surface area contributed by atoms with Gasteiger partial charge in [0.15, 0.2) is 17.3 Å². The molecule has 0 radical (unpaired) electrons. The maximum atomic E-state index is 12.6. The Bertz CT molecular complexity index is 3570. The summed E-state index contributed by atoms with van der Waals surface area (Å²) in [6.07, 6.45) is 0. The van der Waals surface area contributed by atoms with Gasteiger partial charge >= 0.3 is 130 Å². The van der Waals surface area contributed by atoms with Crippen LogP contribution >= 0.6 is 23.5 Å². The Labute approximate surface area is 562 Å². The van der Waals surface area contributed by atoms with Crippen LogP contribution in [0.25, 0.3) is 0 Å². The number of hydrogen-bond donors (Lipinski definition) is 3. The van der Waals surface area contributed by atoms with E-state index in [0.29, 0.717) is 0 Å². The second kappa shape index (κ2) is 33.8. The van der Waals surface area contributed by atoms with Crippen molar-refractivity contribution in [2.24, 2.45) is 0 Å². The Hall–Kier alpha value is -7.23. The Kier molecular flexibility index (Phi) is 28.0. The van der Waals surface area contributed by atoms with Crippen LogP contribution in [0.3, 0.4) is 0 Å². The molecule has 21 nitrogen and oxygen atoms in total. The molecule has 0 heterocycles. The molecule has 9 aromatic rings. The molecule has 3 atom stereocenters. The van der Waals surface area contributed by atoms with Crippen molar-refractivity contribution in [3.63, 3.8) is 0 Å². The molecule has 9 aromatic carbocycles. The van der Waals surface area contributed by atoms with Crippen LogP contribution in [0, 0.1) is 0 Å². The molecule has 3 unspecified atom stereocenters. The molecule has 0 saturated carbocycles. The van der Waals surface area contributed by atoms with Gasteiger partial charge in [0, 0.05) is 33.4 Å². The van der Waals surface area contributed by atoms with Gasteiger partial charge in [-0.25, -0.2) is 28.1 Å². The number of aromatic carboxylic acids is 3. The van der Waals surface area contributed by atoms with E-state index in [1.807, 2.05) is 0 Å². The molecular weight excluding hydrogens is 1220 g/mol. The Balaban J connectivity index is 0.000000275. The van der Waals surface area contributed by atoms with E-state index in [1.165, 1.54) is 164 Å². The van der Waals surface area contributed by atoms with Crippen molar-refractivity contribution in [3.8, 4) is 34.5 Å². The van der Waals surface area contributed by atoms with Gasteiger partial charge in [-0.05, 0) is 127 Å². The van der Waals surface area contributed by atoms with E-state index >= 15 is 0 Å². The largest absolute Gasteiger partial charge is 1.00 e. The van der Waals surface area contributed by atoms with E-state index in [4.69, 9.17) is 27.1 Å². The SMILES string of the molecule is O=C(O)c1ccccc1C(=O)c1ccc(OP(=O)([O-])Oc2ccccc2)cc1.O=C(O)c1ccccc1C(=O)c1ccc(OP(=O)([O-])Oc2ccccc2)cc1.O=C(O)c1ccccc1C(=O)c1ccc(OP(=O)([O-])Oc2ccccc2)cc1.[Na+].[Na+].[Na+]. The molecule has 0 saturated heterocycles. The molecule has 426 valence electrons. The fourth-order valence-corrected chi connectivity index (χ4v) is 9.74. The van der Waals surface area contributed by atoms with E-state index in [2.05, 4.69) is 0 Å². The van der Waals surface area contributed by atoms with Gasteiger partial charge in [-0.3, -0.25) is 14.4 Å². The fraction of sp³-hybridized carbons (Fsp3) is 0. The smallest absolute Gasteiger partial charge is 0.736 e. The van der Waals surface area contributed by atoms with Crippen molar-refractivity contribution in [3.05, 3.63) is 287 Å². The van der Waals surface area contributed by atoms with Gasteiger partial charge in [-0.1, -0.05) is 109 Å². The Morgan fingerprint density at radius 3 is 0.598 bits per heavy atom. The summed E-state index contributed by atoms with van der Waals surface area (Å²) in [5, 5.41) is 27.6. The molecule has 87 heavy (non-hydrogen) atoms. The maximum absolute atomic E-state index is 12.6. The third kappa shape index (κ3) is 21.8. The summed E-state index contributed by atoms with van der Waals surface area (Å²) >= 11 is 0. The number of hydrogen-bond acceptors (Lipinski definition) is 18. The second-order valence-corrected chi connectivity index (χ2v) is 20.7. The number of carboxylic acids is 3. The van der Waals surface area contributed by atoms with E-state index in [-0.39, 0.29) is 173 Å². The van der Waals surface area contributed by atoms with Crippen molar-refractivity contribution in [2.45, 2.75) is 0 Å². The number of phosphoric ester groups is 3. The van der Waals surface area contributed by atoms with E-state index in [1.54, 1.807) is 72.8 Å². The van der Waals surface area contributed by atoms with E-state index in [9.17, 15) is 72.5 Å². The molecule has 0 amide bonds. The summed E-state index contributed by atoms with van der Waals surface area (Å²) in [7, 11) is -14.0. The molecule has 3 N–H and O–H groups in total. The minimum absolute atomic E-state index is 0. The summed E-state index contributed by atoms with van der Waals surface area (Å²) in [4.78, 5) is 107. The second-order valence-electron chi connectivity index (χ2n) is 16.9. The van der Waals surface area contributed by atoms with Crippen LogP contribution in [0.1, 0.15) is 78.8 Å². The monoisotopic (exact) mass is 1260 g/mol. The van der Waals surface area contributed by atoms with Crippen LogP contribution in [0.4, 0.5) is 0 Å². The molecule has 0 bridgehead atoms. The van der Waals surface area contributed by atoms with Gasteiger partial charge in [0.2, 0.25) is 0 Å². The van der Waals surface area contributed by atoms with Crippen LogP contribution in [-0.2, 0) is 13.7 Å². The molecule has 0 aliphatic heterocycles. The normalized spacial score (nSPS) is 12.2. The van der Waals surface area contributed by atoms with Crippen LogP contribution in [0.2, 0.25) is 0 Å².